The van der Waals surface area contributed by atoms with Gasteiger partial charge in [0.1, 0.15) is 11.6 Å². The van der Waals surface area contributed by atoms with Crippen LogP contribution in [-0.2, 0) is 0 Å². The third-order valence-corrected chi connectivity index (χ3v) is 2.45. The second-order valence-electron chi connectivity index (χ2n) is 3.38. The van der Waals surface area contributed by atoms with E-state index in [4.69, 9.17) is 11.6 Å². The van der Waals surface area contributed by atoms with Crippen LogP contribution in [0.1, 0.15) is 12.2 Å². The molecule has 16 heavy (non-hydrogen) atoms. The van der Waals surface area contributed by atoms with Crippen LogP contribution in [0.2, 0.25) is 0 Å². The number of aryl methyl sites for hydroxylation is 1. The van der Waals surface area contributed by atoms with Gasteiger partial charge in [-0.1, -0.05) is 0 Å². The zero-order valence-electron chi connectivity index (χ0n) is 8.83. The topological polar surface area (TPSA) is 75.1 Å². The Hall–Kier alpha value is -1.56. The summed E-state index contributed by atoms with van der Waals surface area (Å²) in [6.07, 6.45) is 0.862. The molecule has 86 valence electrons. The molecule has 0 fully saturated rings. The number of aromatic nitrogens is 4. The van der Waals surface area contributed by atoms with Gasteiger partial charge in [-0.25, -0.2) is 19.3 Å². The Morgan fingerprint density at radius 3 is 3.19 bits per heavy atom. The van der Waals surface area contributed by atoms with E-state index in [-0.39, 0.29) is 5.69 Å². The number of halogens is 1. The lowest BCUT2D eigenvalue weighted by Crippen LogP contribution is -2.14. The fraction of sp³-hybridized carbons (Fsp3) is 0.444. The fourth-order valence-electron chi connectivity index (χ4n) is 1.47. The van der Waals surface area contributed by atoms with Gasteiger partial charge in [0.25, 0.3) is 0 Å². The van der Waals surface area contributed by atoms with Crippen LogP contribution < -0.4 is 11.0 Å². The van der Waals surface area contributed by atoms with Crippen LogP contribution in [0, 0.1) is 6.92 Å². The van der Waals surface area contributed by atoms with Gasteiger partial charge in [-0.15, -0.1) is 11.6 Å². The Labute approximate surface area is 96.7 Å². The molecule has 0 aliphatic heterocycles. The zero-order chi connectivity index (χ0) is 11.5. The van der Waals surface area contributed by atoms with Crippen molar-refractivity contribution in [1.82, 2.24) is 19.6 Å². The molecule has 6 nitrogen and oxygen atoms in total. The first-order valence-corrected chi connectivity index (χ1v) is 5.50. The van der Waals surface area contributed by atoms with Crippen molar-refractivity contribution in [1.29, 1.82) is 0 Å². The summed E-state index contributed by atoms with van der Waals surface area (Å²) in [7, 11) is 0. The lowest BCUT2D eigenvalue weighted by atomic mass is 10.4. The van der Waals surface area contributed by atoms with Gasteiger partial charge in [-0.05, 0) is 13.3 Å². The highest BCUT2D eigenvalue weighted by Gasteiger charge is 2.05. The molecule has 0 spiro atoms. The second kappa shape index (κ2) is 4.52. The van der Waals surface area contributed by atoms with E-state index in [1.54, 1.807) is 13.0 Å². The number of aromatic amines is 1. The maximum atomic E-state index is 11.3. The Bertz CT molecular complexity index is 546. The highest BCUT2D eigenvalue weighted by atomic mass is 35.5. The van der Waals surface area contributed by atoms with Gasteiger partial charge in [0.2, 0.25) is 0 Å². The number of rotatable bonds is 4. The third-order valence-electron chi connectivity index (χ3n) is 2.19. The zero-order valence-corrected chi connectivity index (χ0v) is 9.58. The Balaban J connectivity index is 2.32. The van der Waals surface area contributed by atoms with Crippen molar-refractivity contribution in [2.75, 3.05) is 17.7 Å². The van der Waals surface area contributed by atoms with Crippen molar-refractivity contribution in [3.8, 4) is 0 Å². The highest BCUT2D eigenvalue weighted by molar-refractivity contribution is 6.17. The Morgan fingerprint density at radius 2 is 2.44 bits per heavy atom. The summed E-state index contributed by atoms with van der Waals surface area (Å²) in [5.41, 5.74) is 0.290. The molecule has 7 heteroatoms. The molecule has 2 aromatic heterocycles. The van der Waals surface area contributed by atoms with Gasteiger partial charge >= 0.3 is 5.69 Å². The number of alkyl halides is 1. The summed E-state index contributed by atoms with van der Waals surface area (Å²) in [5, 5.41) is 9.39. The summed E-state index contributed by atoms with van der Waals surface area (Å²) in [6.45, 7) is 2.51. The monoisotopic (exact) mass is 241 g/mol. The highest BCUT2D eigenvalue weighted by Crippen LogP contribution is 2.07. The number of nitrogens with one attached hydrogen (secondary N) is 2. The van der Waals surface area contributed by atoms with E-state index >= 15 is 0 Å². The molecule has 0 saturated carbocycles. The van der Waals surface area contributed by atoms with Crippen LogP contribution in [-0.4, -0.2) is 32.0 Å². The minimum Gasteiger partial charge on any atom is -0.370 e. The molecular weight excluding hydrogens is 230 g/mol. The molecule has 0 atom stereocenters. The number of fused-ring (bicyclic) bond motifs is 1. The Morgan fingerprint density at radius 1 is 1.62 bits per heavy atom. The van der Waals surface area contributed by atoms with Crippen LogP contribution in [0.4, 0.5) is 5.82 Å². The average molecular weight is 242 g/mol. The molecule has 0 amide bonds. The van der Waals surface area contributed by atoms with Crippen molar-refractivity contribution in [2.45, 2.75) is 13.3 Å². The number of H-pyrrole nitrogens is 1. The standard InChI is InChI=1S/C9H12ClN5O/c1-6-12-7(11-4-2-3-10)5-8-13-14-9(16)15(6)8/h5,11H,2-4H2,1H3,(H,14,16). The number of anilines is 1. The molecule has 0 unspecified atom stereocenters. The molecule has 2 aromatic rings. The smallest absolute Gasteiger partial charge is 0.349 e. The van der Waals surface area contributed by atoms with Gasteiger partial charge in [0.15, 0.2) is 5.65 Å². The molecule has 0 saturated heterocycles. The van der Waals surface area contributed by atoms with Gasteiger partial charge in [0.05, 0.1) is 0 Å². The second-order valence-corrected chi connectivity index (χ2v) is 3.76. The molecule has 0 aromatic carbocycles. The summed E-state index contributed by atoms with van der Waals surface area (Å²) in [4.78, 5) is 15.6. The van der Waals surface area contributed by atoms with E-state index in [2.05, 4.69) is 20.5 Å². The van der Waals surface area contributed by atoms with Gasteiger partial charge < -0.3 is 5.32 Å². The summed E-state index contributed by atoms with van der Waals surface area (Å²) in [5.74, 6) is 1.91. The SMILES string of the molecule is Cc1nc(NCCCCl)cc2n[nH]c(=O)n12. The molecule has 0 bridgehead atoms. The summed E-state index contributed by atoms with van der Waals surface area (Å²) >= 11 is 5.57. The molecule has 2 N–H and O–H groups in total. The van der Waals surface area contributed by atoms with E-state index in [0.717, 1.165) is 13.0 Å². The first kappa shape index (κ1) is 10.9. The first-order chi connectivity index (χ1) is 7.72. The van der Waals surface area contributed by atoms with Crippen LogP contribution in [0.5, 0.6) is 0 Å². The molecule has 2 heterocycles. The van der Waals surface area contributed by atoms with Crippen molar-refractivity contribution < 1.29 is 0 Å². The quantitative estimate of drug-likeness (QED) is 0.612. The van der Waals surface area contributed by atoms with E-state index < -0.39 is 0 Å². The van der Waals surface area contributed by atoms with E-state index in [1.807, 2.05) is 0 Å². The predicted molar refractivity (Wildman–Crippen MR) is 62.2 cm³/mol. The van der Waals surface area contributed by atoms with E-state index in [9.17, 15) is 4.79 Å². The van der Waals surface area contributed by atoms with Crippen molar-refractivity contribution >= 4 is 23.1 Å². The number of hydrogen-bond donors (Lipinski definition) is 2. The lowest BCUT2D eigenvalue weighted by Gasteiger charge is -2.05. The number of nitrogens with zero attached hydrogens (tertiary/aromatic N) is 3. The van der Waals surface area contributed by atoms with Crippen LogP contribution >= 0.6 is 11.6 Å². The predicted octanol–water partition coefficient (Wildman–Crippen LogP) is 0.767. The largest absolute Gasteiger partial charge is 0.370 e. The Kier molecular flexibility index (Phi) is 3.09. The molecular formula is C9H12ClN5O. The van der Waals surface area contributed by atoms with E-state index in [1.165, 1.54) is 4.40 Å². The molecule has 0 radical (unpaired) electrons. The van der Waals surface area contributed by atoms with Gasteiger partial charge in [0, 0.05) is 18.5 Å². The van der Waals surface area contributed by atoms with Crippen molar-refractivity contribution in [2.24, 2.45) is 0 Å². The maximum Gasteiger partial charge on any atom is 0.349 e. The lowest BCUT2D eigenvalue weighted by molar-refractivity contribution is 0.920. The maximum absolute atomic E-state index is 11.3. The van der Waals surface area contributed by atoms with Crippen LogP contribution in [0.25, 0.3) is 5.65 Å². The fourth-order valence-corrected chi connectivity index (χ4v) is 1.61. The van der Waals surface area contributed by atoms with Crippen molar-refractivity contribution in [3.63, 3.8) is 0 Å². The molecule has 0 aliphatic carbocycles. The van der Waals surface area contributed by atoms with Gasteiger partial charge in [-0.3, -0.25) is 0 Å². The number of hydrogen-bond acceptors (Lipinski definition) is 4. The first-order valence-electron chi connectivity index (χ1n) is 4.97. The van der Waals surface area contributed by atoms with Crippen LogP contribution in [0.15, 0.2) is 10.9 Å². The minimum atomic E-state index is -0.271. The molecule has 2 rings (SSSR count). The third kappa shape index (κ3) is 2.01. The van der Waals surface area contributed by atoms with E-state index in [0.29, 0.717) is 23.2 Å². The normalized spacial score (nSPS) is 10.9. The average Bonchev–Trinajstić information content (AvgIpc) is 2.61. The van der Waals surface area contributed by atoms with Gasteiger partial charge in [-0.2, -0.15) is 5.10 Å². The van der Waals surface area contributed by atoms with Crippen LogP contribution in [0.3, 0.4) is 0 Å². The minimum absolute atomic E-state index is 0.271. The summed E-state index contributed by atoms with van der Waals surface area (Å²) in [6, 6.07) is 1.72. The van der Waals surface area contributed by atoms with Crippen molar-refractivity contribution in [3.05, 3.63) is 22.4 Å². The summed E-state index contributed by atoms with van der Waals surface area (Å²) < 4.78 is 1.42. The molecule has 0 aliphatic rings.